The third-order valence-electron chi connectivity index (χ3n) is 2.52. The number of para-hydroxylation sites is 1. The summed E-state index contributed by atoms with van der Waals surface area (Å²) in [5.41, 5.74) is 0.562. The summed E-state index contributed by atoms with van der Waals surface area (Å²) in [4.78, 5) is 23.1. The average Bonchev–Trinajstić information content (AvgIpc) is 2.39. The molecule has 0 spiro atoms. The van der Waals surface area contributed by atoms with Gasteiger partial charge in [-0.2, -0.15) is 0 Å². The predicted octanol–water partition coefficient (Wildman–Crippen LogP) is 3.29. The van der Waals surface area contributed by atoms with E-state index in [9.17, 15) is 9.59 Å². The molecule has 2 rings (SSSR count). The first-order chi connectivity index (χ1) is 9.09. The van der Waals surface area contributed by atoms with Crippen molar-refractivity contribution in [3.05, 3.63) is 64.7 Å². The molecule has 0 aliphatic rings. The van der Waals surface area contributed by atoms with Crippen molar-refractivity contribution >= 4 is 29.2 Å². The first-order valence-corrected chi connectivity index (χ1v) is 5.85. The van der Waals surface area contributed by atoms with E-state index in [0.29, 0.717) is 10.6 Å². The molecule has 0 aromatic heterocycles. The van der Waals surface area contributed by atoms with Crippen LogP contribution < -0.4 is 5.32 Å². The maximum Gasteiger partial charge on any atom is 0.337 e. The lowest BCUT2D eigenvalue weighted by atomic mass is 10.1. The summed E-state index contributed by atoms with van der Waals surface area (Å²) in [6, 6.07) is 12.8. The lowest BCUT2D eigenvalue weighted by Gasteiger charge is -2.09. The van der Waals surface area contributed by atoms with E-state index in [1.54, 1.807) is 36.4 Å². The standard InChI is InChI=1S/C14H10ClNO3/c15-11-7-3-1-5-9(11)13(17)16-12-8-4-2-6-10(12)14(18)19/h1-8H,(H,16,17)(H,18,19). The second-order valence-corrected chi connectivity index (χ2v) is 4.19. The zero-order valence-corrected chi connectivity index (χ0v) is 10.5. The summed E-state index contributed by atoms with van der Waals surface area (Å²) in [7, 11) is 0. The van der Waals surface area contributed by atoms with Crippen LogP contribution in [0.25, 0.3) is 0 Å². The van der Waals surface area contributed by atoms with E-state index < -0.39 is 11.9 Å². The number of hydrogen-bond donors (Lipinski definition) is 2. The van der Waals surface area contributed by atoms with Crippen LogP contribution in [0, 0.1) is 0 Å². The van der Waals surface area contributed by atoms with Crippen LogP contribution in [-0.4, -0.2) is 17.0 Å². The maximum absolute atomic E-state index is 12.0. The Morgan fingerprint density at radius 3 is 2.16 bits per heavy atom. The van der Waals surface area contributed by atoms with Crippen molar-refractivity contribution in [1.82, 2.24) is 0 Å². The zero-order valence-electron chi connectivity index (χ0n) is 9.76. The molecule has 19 heavy (non-hydrogen) atoms. The Labute approximate surface area is 114 Å². The molecule has 1 amide bonds. The predicted molar refractivity (Wildman–Crippen MR) is 72.8 cm³/mol. The SMILES string of the molecule is O=C(Nc1ccccc1C(=O)O)c1ccccc1Cl. The summed E-state index contributed by atoms with van der Waals surface area (Å²) in [5, 5.41) is 11.9. The van der Waals surface area contributed by atoms with Gasteiger partial charge in [0.1, 0.15) is 0 Å². The molecule has 0 radical (unpaired) electrons. The second kappa shape index (κ2) is 5.54. The number of carbonyl (C=O) groups excluding carboxylic acids is 1. The third kappa shape index (κ3) is 2.92. The van der Waals surface area contributed by atoms with Gasteiger partial charge in [-0.3, -0.25) is 4.79 Å². The van der Waals surface area contributed by atoms with E-state index >= 15 is 0 Å². The highest BCUT2D eigenvalue weighted by atomic mass is 35.5. The first-order valence-electron chi connectivity index (χ1n) is 5.48. The second-order valence-electron chi connectivity index (χ2n) is 3.78. The molecule has 5 heteroatoms. The van der Waals surface area contributed by atoms with Crippen molar-refractivity contribution in [2.45, 2.75) is 0 Å². The molecule has 2 aromatic rings. The van der Waals surface area contributed by atoms with Crippen molar-refractivity contribution in [3.63, 3.8) is 0 Å². The first kappa shape index (κ1) is 13.1. The Morgan fingerprint density at radius 1 is 0.947 bits per heavy atom. The third-order valence-corrected chi connectivity index (χ3v) is 2.85. The highest BCUT2D eigenvalue weighted by molar-refractivity contribution is 6.34. The molecular weight excluding hydrogens is 266 g/mol. The van der Waals surface area contributed by atoms with E-state index in [1.165, 1.54) is 12.1 Å². The number of nitrogens with one attached hydrogen (secondary N) is 1. The van der Waals surface area contributed by atoms with E-state index in [0.717, 1.165) is 0 Å². The van der Waals surface area contributed by atoms with Gasteiger partial charge in [0.15, 0.2) is 0 Å². The molecule has 2 N–H and O–H groups in total. The number of hydrogen-bond acceptors (Lipinski definition) is 2. The number of benzene rings is 2. The lowest BCUT2D eigenvalue weighted by Crippen LogP contribution is -2.15. The number of amides is 1. The molecule has 2 aromatic carbocycles. The Kier molecular flexibility index (Phi) is 3.82. The summed E-state index contributed by atoms with van der Waals surface area (Å²) in [6.45, 7) is 0. The smallest absolute Gasteiger partial charge is 0.337 e. The zero-order chi connectivity index (χ0) is 13.8. The Balaban J connectivity index is 2.30. The minimum absolute atomic E-state index is 0.0305. The average molecular weight is 276 g/mol. The number of aromatic carboxylic acids is 1. The van der Waals surface area contributed by atoms with E-state index in [2.05, 4.69) is 5.32 Å². The van der Waals surface area contributed by atoms with Crippen LogP contribution in [0.15, 0.2) is 48.5 Å². The number of anilines is 1. The fourth-order valence-corrected chi connectivity index (χ4v) is 1.84. The number of carbonyl (C=O) groups is 2. The molecule has 0 saturated heterocycles. The van der Waals surface area contributed by atoms with Gasteiger partial charge in [-0.05, 0) is 24.3 Å². The van der Waals surface area contributed by atoms with Gasteiger partial charge in [0.25, 0.3) is 5.91 Å². The van der Waals surface area contributed by atoms with Crippen LogP contribution in [0.2, 0.25) is 5.02 Å². The summed E-state index contributed by atoms with van der Waals surface area (Å²) in [5.74, 6) is -1.55. The van der Waals surface area contributed by atoms with Gasteiger partial charge in [0.05, 0.1) is 21.8 Å². The Bertz CT molecular complexity index is 640. The Hall–Kier alpha value is -2.33. The number of carboxylic acid groups (broad SMARTS) is 1. The molecule has 0 saturated carbocycles. The van der Waals surface area contributed by atoms with E-state index in [1.807, 2.05) is 0 Å². The van der Waals surface area contributed by atoms with Gasteiger partial charge in [0.2, 0.25) is 0 Å². The minimum atomic E-state index is -1.10. The largest absolute Gasteiger partial charge is 0.478 e. The quantitative estimate of drug-likeness (QED) is 0.903. The highest BCUT2D eigenvalue weighted by Crippen LogP contribution is 2.19. The van der Waals surface area contributed by atoms with Crippen LogP contribution in [0.4, 0.5) is 5.69 Å². The van der Waals surface area contributed by atoms with Crippen LogP contribution in [0.1, 0.15) is 20.7 Å². The summed E-state index contributed by atoms with van der Waals surface area (Å²) in [6.07, 6.45) is 0. The van der Waals surface area contributed by atoms with Crippen LogP contribution >= 0.6 is 11.6 Å². The highest BCUT2D eigenvalue weighted by Gasteiger charge is 2.14. The van der Waals surface area contributed by atoms with Crippen molar-refractivity contribution in [3.8, 4) is 0 Å². The van der Waals surface area contributed by atoms with Gasteiger partial charge in [-0.15, -0.1) is 0 Å². The monoisotopic (exact) mass is 275 g/mol. The van der Waals surface area contributed by atoms with Gasteiger partial charge in [-0.25, -0.2) is 4.79 Å². The van der Waals surface area contributed by atoms with Gasteiger partial charge in [0, 0.05) is 0 Å². The summed E-state index contributed by atoms with van der Waals surface area (Å²) >= 11 is 5.91. The van der Waals surface area contributed by atoms with Gasteiger partial charge in [-0.1, -0.05) is 35.9 Å². The van der Waals surface area contributed by atoms with E-state index in [4.69, 9.17) is 16.7 Å². The fraction of sp³-hybridized carbons (Fsp3) is 0. The van der Waals surface area contributed by atoms with Gasteiger partial charge >= 0.3 is 5.97 Å². The number of halogens is 1. The number of carboxylic acids is 1. The molecule has 0 aliphatic carbocycles. The molecular formula is C14H10ClNO3. The molecule has 0 fully saturated rings. The summed E-state index contributed by atoms with van der Waals surface area (Å²) < 4.78 is 0. The number of rotatable bonds is 3. The van der Waals surface area contributed by atoms with Crippen LogP contribution in [0.3, 0.4) is 0 Å². The van der Waals surface area contributed by atoms with Crippen molar-refractivity contribution < 1.29 is 14.7 Å². The maximum atomic E-state index is 12.0. The minimum Gasteiger partial charge on any atom is -0.478 e. The molecule has 0 heterocycles. The fourth-order valence-electron chi connectivity index (χ4n) is 1.61. The van der Waals surface area contributed by atoms with Crippen LogP contribution in [0.5, 0.6) is 0 Å². The molecule has 0 bridgehead atoms. The van der Waals surface area contributed by atoms with Crippen molar-refractivity contribution in [1.29, 1.82) is 0 Å². The molecule has 0 unspecified atom stereocenters. The van der Waals surface area contributed by atoms with Crippen LogP contribution in [-0.2, 0) is 0 Å². The molecule has 0 atom stereocenters. The molecule has 0 aliphatic heterocycles. The van der Waals surface area contributed by atoms with Crippen molar-refractivity contribution in [2.24, 2.45) is 0 Å². The molecule has 4 nitrogen and oxygen atoms in total. The lowest BCUT2D eigenvalue weighted by molar-refractivity contribution is 0.0698. The van der Waals surface area contributed by atoms with Crippen molar-refractivity contribution in [2.75, 3.05) is 5.32 Å². The Morgan fingerprint density at radius 2 is 1.53 bits per heavy atom. The topological polar surface area (TPSA) is 66.4 Å². The normalized spacial score (nSPS) is 9.95. The van der Waals surface area contributed by atoms with Gasteiger partial charge < -0.3 is 10.4 Å². The van der Waals surface area contributed by atoms with E-state index in [-0.39, 0.29) is 11.3 Å². The molecule has 96 valence electrons.